The molecule has 0 aliphatic rings. The van der Waals surface area contributed by atoms with Gasteiger partial charge in [0.2, 0.25) is 0 Å². The van der Waals surface area contributed by atoms with Gasteiger partial charge >= 0.3 is 0 Å². The fourth-order valence-electron chi connectivity index (χ4n) is 2.88. The van der Waals surface area contributed by atoms with Gasteiger partial charge in [-0.25, -0.2) is 0 Å². The Balaban J connectivity index is 1.62. The Morgan fingerprint density at radius 2 is 1.79 bits per heavy atom. The zero-order chi connectivity index (χ0) is 19.9. The number of rotatable bonds is 7. The van der Waals surface area contributed by atoms with Gasteiger partial charge in [0.25, 0.3) is 0 Å². The third kappa shape index (κ3) is 4.55. The Hall–Kier alpha value is -3.38. The van der Waals surface area contributed by atoms with Gasteiger partial charge in [0.1, 0.15) is 5.75 Å². The summed E-state index contributed by atoms with van der Waals surface area (Å²) < 4.78 is 7.34. The molecule has 0 amide bonds. The van der Waals surface area contributed by atoms with Crippen molar-refractivity contribution in [2.45, 2.75) is 5.16 Å². The largest absolute Gasteiger partial charge is 0.497 e. The molecule has 0 bridgehead atoms. The molecule has 0 aliphatic heterocycles. The van der Waals surface area contributed by atoms with Crippen LogP contribution in [0.5, 0.6) is 5.75 Å². The summed E-state index contributed by atoms with van der Waals surface area (Å²) in [6, 6.07) is 22.0. The second-order valence-corrected chi connectivity index (χ2v) is 7.19. The van der Waals surface area contributed by atoms with E-state index in [2.05, 4.69) is 44.0 Å². The average Bonchev–Trinajstić information content (AvgIpc) is 3.22. The van der Waals surface area contributed by atoms with Gasteiger partial charge in [0, 0.05) is 29.4 Å². The summed E-state index contributed by atoms with van der Waals surface area (Å²) in [5.41, 5.74) is 3.08. The minimum Gasteiger partial charge on any atom is -0.497 e. The molecule has 0 saturated carbocycles. The normalized spacial score (nSPS) is 11.1. The molecule has 2 heterocycles. The van der Waals surface area contributed by atoms with Gasteiger partial charge in [-0.3, -0.25) is 9.55 Å². The molecule has 0 fully saturated rings. The second-order valence-electron chi connectivity index (χ2n) is 6.21. The first-order valence-electron chi connectivity index (χ1n) is 9.20. The Labute approximate surface area is 174 Å². The van der Waals surface area contributed by atoms with Crippen molar-refractivity contribution in [3.8, 4) is 22.8 Å². The van der Waals surface area contributed by atoms with Gasteiger partial charge in [-0.2, -0.15) is 0 Å². The lowest BCUT2D eigenvalue weighted by molar-refractivity contribution is 0.414. The highest BCUT2D eigenvalue weighted by Gasteiger charge is 2.16. The number of hydrogen-bond acceptors (Lipinski definition) is 5. The molecule has 0 aliphatic carbocycles. The van der Waals surface area contributed by atoms with Crippen LogP contribution in [0.3, 0.4) is 0 Å². The summed E-state index contributed by atoms with van der Waals surface area (Å²) in [7, 11) is 1.66. The van der Waals surface area contributed by atoms with E-state index < -0.39 is 0 Å². The van der Waals surface area contributed by atoms with Crippen LogP contribution in [-0.4, -0.2) is 32.6 Å². The zero-order valence-corrected chi connectivity index (χ0v) is 16.8. The fraction of sp³-hybridized carbons (Fsp3) is 0.0870. The van der Waals surface area contributed by atoms with E-state index in [4.69, 9.17) is 4.74 Å². The lowest BCUT2D eigenvalue weighted by atomic mass is 10.2. The number of pyridine rings is 1. The minimum absolute atomic E-state index is 0.762. The van der Waals surface area contributed by atoms with Crippen molar-refractivity contribution in [2.24, 2.45) is 0 Å². The smallest absolute Gasteiger partial charge is 0.196 e. The van der Waals surface area contributed by atoms with E-state index in [-0.39, 0.29) is 0 Å². The van der Waals surface area contributed by atoms with Crippen LogP contribution in [0.25, 0.3) is 23.2 Å². The molecule has 5 nitrogen and oxygen atoms in total. The predicted octanol–water partition coefficient (Wildman–Crippen LogP) is 5.14. The first-order chi connectivity index (χ1) is 14.3. The molecule has 29 heavy (non-hydrogen) atoms. The molecule has 144 valence electrons. The summed E-state index contributed by atoms with van der Waals surface area (Å²) in [5.74, 6) is 2.36. The molecule has 0 saturated heterocycles. The standard InChI is InChI=1S/C23H20N4OS/c1-28-21-13-11-20(12-14-21)27-22(19-10-5-15-24-17-19)25-26-23(27)29-16-6-9-18-7-3-2-4-8-18/h2-15,17H,16H2,1H3. The maximum Gasteiger partial charge on any atom is 0.196 e. The SMILES string of the molecule is COc1ccc(-n2c(SCC=Cc3ccccc3)nnc2-c2cccnc2)cc1. The van der Waals surface area contributed by atoms with Crippen LogP contribution in [0, 0.1) is 0 Å². The number of methoxy groups -OCH3 is 1. The third-order valence-electron chi connectivity index (χ3n) is 4.30. The molecule has 4 aromatic rings. The van der Waals surface area contributed by atoms with E-state index in [1.807, 2.05) is 54.6 Å². The summed E-state index contributed by atoms with van der Waals surface area (Å²) in [6.45, 7) is 0. The van der Waals surface area contributed by atoms with Crippen LogP contribution < -0.4 is 4.74 Å². The van der Waals surface area contributed by atoms with Crippen LogP contribution in [-0.2, 0) is 0 Å². The monoisotopic (exact) mass is 400 g/mol. The number of nitrogens with zero attached hydrogens (tertiary/aromatic N) is 4. The quantitative estimate of drug-likeness (QED) is 0.402. The van der Waals surface area contributed by atoms with Crippen LogP contribution in [0.15, 0.2) is 90.4 Å². The van der Waals surface area contributed by atoms with Gasteiger partial charge in [-0.1, -0.05) is 54.2 Å². The maximum absolute atomic E-state index is 5.29. The predicted molar refractivity (Wildman–Crippen MR) is 117 cm³/mol. The molecule has 4 rings (SSSR count). The van der Waals surface area contributed by atoms with E-state index >= 15 is 0 Å². The average molecular weight is 401 g/mol. The molecule has 0 radical (unpaired) electrons. The van der Waals surface area contributed by atoms with Crippen LogP contribution in [0.2, 0.25) is 0 Å². The van der Waals surface area contributed by atoms with Gasteiger partial charge < -0.3 is 4.74 Å². The van der Waals surface area contributed by atoms with E-state index in [1.54, 1.807) is 31.3 Å². The summed E-state index contributed by atoms with van der Waals surface area (Å²) in [6.07, 6.45) is 7.80. The summed E-state index contributed by atoms with van der Waals surface area (Å²) in [4.78, 5) is 4.22. The van der Waals surface area contributed by atoms with Crippen molar-refractivity contribution >= 4 is 17.8 Å². The summed E-state index contributed by atoms with van der Waals surface area (Å²) in [5, 5.41) is 9.70. The molecule has 0 N–H and O–H groups in total. The summed E-state index contributed by atoms with van der Waals surface area (Å²) >= 11 is 1.64. The fourth-order valence-corrected chi connectivity index (χ4v) is 3.64. The molecular formula is C23H20N4OS. The zero-order valence-electron chi connectivity index (χ0n) is 16.0. The van der Waals surface area contributed by atoms with E-state index in [0.29, 0.717) is 0 Å². The highest BCUT2D eigenvalue weighted by atomic mass is 32.2. The lowest BCUT2D eigenvalue weighted by Gasteiger charge is -2.10. The van der Waals surface area contributed by atoms with Crippen LogP contribution >= 0.6 is 11.8 Å². The Bertz CT molecular complexity index is 1080. The van der Waals surface area contributed by atoms with Crippen molar-refractivity contribution in [3.63, 3.8) is 0 Å². The van der Waals surface area contributed by atoms with E-state index in [1.165, 1.54) is 5.56 Å². The van der Waals surface area contributed by atoms with Crippen molar-refractivity contribution in [2.75, 3.05) is 12.9 Å². The molecule has 0 atom stereocenters. The molecule has 2 aromatic carbocycles. The first kappa shape index (κ1) is 19.0. The Morgan fingerprint density at radius 3 is 2.52 bits per heavy atom. The van der Waals surface area contributed by atoms with Gasteiger partial charge in [-0.15, -0.1) is 10.2 Å². The van der Waals surface area contributed by atoms with E-state index in [0.717, 1.165) is 33.7 Å². The van der Waals surface area contributed by atoms with Crippen molar-refractivity contribution in [3.05, 3.63) is 90.8 Å². The van der Waals surface area contributed by atoms with Crippen molar-refractivity contribution in [1.82, 2.24) is 19.7 Å². The third-order valence-corrected chi connectivity index (χ3v) is 5.18. The second kappa shape index (κ2) is 9.21. The van der Waals surface area contributed by atoms with Crippen molar-refractivity contribution in [1.29, 1.82) is 0 Å². The van der Waals surface area contributed by atoms with Gasteiger partial charge in [-0.05, 0) is 42.0 Å². The van der Waals surface area contributed by atoms with Crippen LogP contribution in [0.1, 0.15) is 5.56 Å². The van der Waals surface area contributed by atoms with Crippen LogP contribution in [0.4, 0.5) is 0 Å². The Morgan fingerprint density at radius 1 is 0.966 bits per heavy atom. The maximum atomic E-state index is 5.29. The number of thioether (sulfide) groups is 1. The minimum atomic E-state index is 0.762. The lowest BCUT2D eigenvalue weighted by Crippen LogP contribution is -2.00. The topological polar surface area (TPSA) is 52.8 Å². The first-order valence-corrected chi connectivity index (χ1v) is 10.2. The van der Waals surface area contributed by atoms with Gasteiger partial charge in [0.15, 0.2) is 11.0 Å². The number of aromatic nitrogens is 4. The van der Waals surface area contributed by atoms with Gasteiger partial charge in [0.05, 0.1) is 7.11 Å². The molecule has 2 aromatic heterocycles. The van der Waals surface area contributed by atoms with Crippen molar-refractivity contribution < 1.29 is 4.74 Å². The molecule has 6 heteroatoms. The Kier molecular flexibility index (Phi) is 6.02. The number of ether oxygens (including phenoxy) is 1. The molecular weight excluding hydrogens is 380 g/mol. The highest BCUT2D eigenvalue weighted by molar-refractivity contribution is 7.99. The molecule has 0 spiro atoms. The number of hydrogen-bond donors (Lipinski definition) is 0. The highest BCUT2D eigenvalue weighted by Crippen LogP contribution is 2.28. The number of benzene rings is 2. The molecule has 0 unspecified atom stereocenters. The van der Waals surface area contributed by atoms with E-state index in [9.17, 15) is 0 Å².